The van der Waals surface area contributed by atoms with Gasteiger partial charge in [-0.3, -0.25) is 4.79 Å². The summed E-state index contributed by atoms with van der Waals surface area (Å²) in [5.74, 6) is 1.46. The van der Waals surface area contributed by atoms with Crippen molar-refractivity contribution in [1.82, 2.24) is 5.32 Å². The van der Waals surface area contributed by atoms with E-state index in [4.69, 9.17) is 0 Å². The first-order valence-corrected chi connectivity index (χ1v) is 8.67. The van der Waals surface area contributed by atoms with Crippen LogP contribution in [0.5, 0.6) is 0 Å². The second-order valence-electron chi connectivity index (χ2n) is 6.07. The van der Waals surface area contributed by atoms with Gasteiger partial charge in [0, 0.05) is 11.3 Å². The van der Waals surface area contributed by atoms with Crippen molar-refractivity contribution >= 4 is 17.7 Å². The number of nitrogens with one attached hydrogen (secondary N) is 1. The number of thioether (sulfide) groups is 1. The van der Waals surface area contributed by atoms with Crippen molar-refractivity contribution in [1.29, 1.82) is 0 Å². The van der Waals surface area contributed by atoms with Crippen LogP contribution < -0.4 is 5.32 Å². The van der Waals surface area contributed by atoms with Gasteiger partial charge in [-0.1, -0.05) is 60.7 Å². The monoisotopic (exact) mass is 313 g/mol. The summed E-state index contributed by atoms with van der Waals surface area (Å²) in [4.78, 5) is 12.1. The van der Waals surface area contributed by atoms with Crippen molar-refractivity contribution in [3.05, 3.63) is 71.8 Å². The number of carbonyl (C=O) groups excluding carboxylic acids is 1. The van der Waals surface area contributed by atoms with E-state index in [0.717, 1.165) is 12.2 Å². The Morgan fingerprint density at radius 1 is 0.955 bits per heavy atom. The van der Waals surface area contributed by atoms with E-state index in [2.05, 4.69) is 43.4 Å². The van der Waals surface area contributed by atoms with Crippen LogP contribution in [0.25, 0.3) is 0 Å². The number of amides is 1. The lowest BCUT2D eigenvalue weighted by atomic mass is 9.95. The number of carbonyl (C=O) groups is 1. The van der Waals surface area contributed by atoms with Gasteiger partial charge in [0.25, 0.3) is 0 Å². The summed E-state index contributed by atoms with van der Waals surface area (Å²) in [6, 6.07) is 20.5. The Bertz CT molecular complexity index is 581. The molecular formula is C19H23NOS. The van der Waals surface area contributed by atoms with Gasteiger partial charge in [0.05, 0.1) is 5.75 Å². The Morgan fingerprint density at radius 2 is 1.50 bits per heavy atom. The summed E-state index contributed by atoms with van der Waals surface area (Å²) in [5, 5.41) is 3.13. The van der Waals surface area contributed by atoms with E-state index in [9.17, 15) is 4.79 Å². The van der Waals surface area contributed by atoms with Gasteiger partial charge in [-0.15, -0.1) is 11.8 Å². The van der Waals surface area contributed by atoms with Gasteiger partial charge < -0.3 is 5.32 Å². The first-order chi connectivity index (χ1) is 10.6. The molecule has 0 aliphatic heterocycles. The molecule has 0 aliphatic carbocycles. The molecule has 1 N–H and O–H groups in total. The van der Waals surface area contributed by atoms with Crippen LogP contribution in [0.2, 0.25) is 0 Å². The summed E-state index contributed by atoms with van der Waals surface area (Å²) in [6.07, 6.45) is 0.836. The second-order valence-corrected chi connectivity index (χ2v) is 7.06. The Balaban J connectivity index is 1.76. The van der Waals surface area contributed by atoms with Crippen molar-refractivity contribution in [2.75, 3.05) is 5.75 Å². The van der Waals surface area contributed by atoms with E-state index >= 15 is 0 Å². The average molecular weight is 313 g/mol. The minimum Gasteiger partial charge on any atom is -0.350 e. The molecule has 0 atom stereocenters. The molecule has 0 heterocycles. The predicted molar refractivity (Wildman–Crippen MR) is 95.0 cm³/mol. The smallest absolute Gasteiger partial charge is 0.230 e. The summed E-state index contributed by atoms with van der Waals surface area (Å²) in [7, 11) is 0. The lowest BCUT2D eigenvalue weighted by molar-refractivity contribution is -0.120. The Morgan fingerprint density at radius 3 is 2.09 bits per heavy atom. The quantitative estimate of drug-likeness (QED) is 0.835. The number of benzene rings is 2. The molecular weight excluding hydrogens is 290 g/mol. The van der Waals surface area contributed by atoms with Gasteiger partial charge in [-0.25, -0.2) is 0 Å². The molecule has 116 valence electrons. The van der Waals surface area contributed by atoms with Gasteiger partial charge in [0.1, 0.15) is 0 Å². The van der Waals surface area contributed by atoms with Crippen LogP contribution in [-0.2, 0) is 17.0 Å². The zero-order valence-electron chi connectivity index (χ0n) is 13.2. The maximum Gasteiger partial charge on any atom is 0.230 e. The molecule has 1 amide bonds. The normalized spacial score (nSPS) is 11.2. The lowest BCUT2D eigenvalue weighted by Gasteiger charge is -2.26. The first kappa shape index (κ1) is 16.6. The van der Waals surface area contributed by atoms with Gasteiger partial charge in [-0.05, 0) is 31.4 Å². The first-order valence-electron chi connectivity index (χ1n) is 7.52. The molecule has 0 saturated heterocycles. The van der Waals surface area contributed by atoms with Crippen molar-refractivity contribution in [2.24, 2.45) is 0 Å². The van der Waals surface area contributed by atoms with Crippen LogP contribution in [-0.4, -0.2) is 17.2 Å². The highest BCUT2D eigenvalue weighted by atomic mass is 32.2. The zero-order valence-corrected chi connectivity index (χ0v) is 14.0. The summed E-state index contributed by atoms with van der Waals surface area (Å²) >= 11 is 1.65. The van der Waals surface area contributed by atoms with E-state index in [-0.39, 0.29) is 11.4 Å². The minimum atomic E-state index is -0.230. The Kier molecular flexibility index (Phi) is 6.08. The second kappa shape index (κ2) is 8.04. The van der Waals surface area contributed by atoms with Crippen molar-refractivity contribution in [2.45, 2.75) is 31.6 Å². The van der Waals surface area contributed by atoms with Gasteiger partial charge in [0.2, 0.25) is 5.91 Å². The molecule has 0 aromatic heterocycles. The largest absolute Gasteiger partial charge is 0.350 e. The molecule has 0 bridgehead atoms. The highest BCUT2D eigenvalue weighted by molar-refractivity contribution is 7.99. The molecule has 22 heavy (non-hydrogen) atoms. The van der Waals surface area contributed by atoms with Crippen molar-refractivity contribution in [3.8, 4) is 0 Å². The third-order valence-electron chi connectivity index (χ3n) is 3.31. The fraction of sp³-hybridized carbons (Fsp3) is 0.316. The fourth-order valence-corrected chi connectivity index (χ4v) is 3.19. The van der Waals surface area contributed by atoms with Crippen molar-refractivity contribution < 1.29 is 4.79 Å². The van der Waals surface area contributed by atoms with Crippen LogP contribution in [0.4, 0.5) is 0 Å². The highest BCUT2D eigenvalue weighted by Crippen LogP contribution is 2.14. The molecule has 3 heteroatoms. The topological polar surface area (TPSA) is 29.1 Å². The third-order valence-corrected chi connectivity index (χ3v) is 4.32. The minimum absolute atomic E-state index is 0.0989. The molecule has 0 radical (unpaired) electrons. The fourth-order valence-electron chi connectivity index (χ4n) is 2.40. The lowest BCUT2D eigenvalue weighted by Crippen LogP contribution is -2.45. The molecule has 2 rings (SSSR count). The van der Waals surface area contributed by atoms with E-state index < -0.39 is 0 Å². The van der Waals surface area contributed by atoms with E-state index in [1.165, 1.54) is 11.1 Å². The maximum absolute atomic E-state index is 12.1. The van der Waals surface area contributed by atoms with Gasteiger partial charge >= 0.3 is 0 Å². The third kappa shape index (κ3) is 5.94. The predicted octanol–water partition coefficient (Wildman–Crippen LogP) is 4.06. The van der Waals surface area contributed by atoms with E-state index in [0.29, 0.717) is 5.75 Å². The SMILES string of the molecule is CC(C)(Cc1ccccc1)NC(=O)CSCc1ccccc1. The molecule has 2 aromatic rings. The highest BCUT2D eigenvalue weighted by Gasteiger charge is 2.20. The standard InChI is InChI=1S/C19H23NOS/c1-19(2,13-16-9-5-3-6-10-16)20-18(21)15-22-14-17-11-7-4-8-12-17/h3-12H,13-15H2,1-2H3,(H,20,21). The summed E-state index contributed by atoms with van der Waals surface area (Å²) < 4.78 is 0. The molecule has 0 fully saturated rings. The summed E-state index contributed by atoms with van der Waals surface area (Å²) in [5.41, 5.74) is 2.26. The van der Waals surface area contributed by atoms with Gasteiger partial charge in [0.15, 0.2) is 0 Å². The number of rotatable bonds is 7. The Hall–Kier alpha value is -1.74. The molecule has 0 spiro atoms. The molecule has 2 aromatic carbocycles. The number of hydrogen-bond donors (Lipinski definition) is 1. The zero-order chi connectivity index (χ0) is 15.8. The molecule has 0 aliphatic rings. The van der Waals surface area contributed by atoms with Crippen LogP contribution in [0.3, 0.4) is 0 Å². The maximum atomic E-state index is 12.1. The average Bonchev–Trinajstić information content (AvgIpc) is 2.48. The van der Waals surface area contributed by atoms with Gasteiger partial charge in [-0.2, -0.15) is 0 Å². The molecule has 0 unspecified atom stereocenters. The Labute approximate surface area is 137 Å². The van der Waals surface area contributed by atoms with Crippen LogP contribution >= 0.6 is 11.8 Å². The van der Waals surface area contributed by atoms with Crippen LogP contribution in [0.1, 0.15) is 25.0 Å². The van der Waals surface area contributed by atoms with Crippen LogP contribution in [0, 0.1) is 0 Å². The van der Waals surface area contributed by atoms with Crippen LogP contribution in [0.15, 0.2) is 60.7 Å². The number of hydrogen-bond acceptors (Lipinski definition) is 2. The summed E-state index contributed by atoms with van der Waals surface area (Å²) in [6.45, 7) is 4.14. The van der Waals surface area contributed by atoms with Crippen molar-refractivity contribution in [3.63, 3.8) is 0 Å². The van der Waals surface area contributed by atoms with E-state index in [1.54, 1.807) is 11.8 Å². The molecule has 0 saturated carbocycles. The van der Waals surface area contributed by atoms with E-state index in [1.807, 2.05) is 36.4 Å². The molecule has 2 nitrogen and oxygen atoms in total.